The first kappa shape index (κ1) is 73.2. The number of aromatic nitrogens is 10. The number of aryl methyl sites for hydroxylation is 2. The molecule has 114 heavy (non-hydrogen) atoms. The van der Waals surface area contributed by atoms with Crippen molar-refractivity contribution >= 4 is 113 Å². The highest BCUT2D eigenvalue weighted by molar-refractivity contribution is 7.92. The van der Waals surface area contributed by atoms with Crippen LogP contribution < -0.4 is 24.3 Å². The highest BCUT2D eigenvalue weighted by Gasteiger charge is 2.52. The lowest BCUT2D eigenvalue weighted by molar-refractivity contribution is -0.0436. The summed E-state index contributed by atoms with van der Waals surface area (Å²) in [5.74, 6) is 3.58. The number of piperidine rings is 4. The van der Waals surface area contributed by atoms with E-state index in [0.717, 1.165) is 186 Å². The number of hydrogen-bond acceptors (Lipinski definition) is 22. The number of ether oxygens (including phenoxy) is 5. The molecular weight excluding hydrogens is 1510 g/mol. The van der Waals surface area contributed by atoms with Crippen molar-refractivity contribution in [3.63, 3.8) is 0 Å². The zero-order valence-corrected chi connectivity index (χ0v) is 63.5. The zero-order chi connectivity index (χ0) is 78.6. The Morgan fingerprint density at radius 1 is 0.456 bits per heavy atom. The number of esters is 4. The van der Waals surface area contributed by atoms with Gasteiger partial charge in [-0.2, -0.15) is 18.2 Å². The second-order valence-electron chi connectivity index (χ2n) is 29.6. The van der Waals surface area contributed by atoms with Gasteiger partial charge in [-0.05, 0) is 105 Å². The van der Waals surface area contributed by atoms with Crippen molar-refractivity contribution in [1.29, 1.82) is 0 Å². The van der Waals surface area contributed by atoms with Crippen molar-refractivity contribution in [3.8, 4) is 16.9 Å². The smallest absolute Gasteiger partial charge is 0.494 e. The first-order valence-electron chi connectivity index (χ1n) is 37.7. The normalized spacial score (nSPS) is 18.1. The number of fused-ring (bicyclic) bond motifs is 12. The molecule has 582 valence electrons. The minimum Gasteiger partial charge on any atom is -0.494 e. The Hall–Kier alpha value is -12.3. The van der Waals surface area contributed by atoms with Crippen molar-refractivity contribution in [2.45, 2.75) is 105 Å². The third-order valence-corrected chi connectivity index (χ3v) is 24.8. The van der Waals surface area contributed by atoms with Crippen LogP contribution in [0.15, 0.2) is 173 Å². The van der Waals surface area contributed by atoms with E-state index in [9.17, 15) is 40.8 Å². The number of carbonyl (C=O) groups excluding carboxylic acids is 4. The Morgan fingerprint density at radius 3 is 1.22 bits per heavy atom. The van der Waals surface area contributed by atoms with Crippen molar-refractivity contribution in [3.05, 3.63) is 225 Å². The van der Waals surface area contributed by atoms with Crippen LogP contribution in [-0.4, -0.2) is 147 Å². The van der Waals surface area contributed by atoms with Gasteiger partial charge in [0.2, 0.25) is 23.8 Å². The molecule has 4 fully saturated rings. The summed E-state index contributed by atoms with van der Waals surface area (Å²) in [6.07, 6.45) is 5.55. The van der Waals surface area contributed by atoms with Gasteiger partial charge in [-0.15, -0.1) is 0 Å². The Bertz CT molecular complexity index is 6100. The number of carbonyl (C=O) groups is 4. The van der Waals surface area contributed by atoms with E-state index in [0.29, 0.717) is 77.1 Å². The van der Waals surface area contributed by atoms with Crippen LogP contribution in [0.3, 0.4) is 0 Å². The highest BCUT2D eigenvalue weighted by Crippen LogP contribution is 2.50. The van der Waals surface area contributed by atoms with Gasteiger partial charge in [0.05, 0.1) is 78.1 Å². The predicted octanol–water partition coefficient (Wildman–Crippen LogP) is 14.9. The van der Waals surface area contributed by atoms with Crippen LogP contribution in [0.5, 0.6) is 5.75 Å². The molecule has 0 amide bonds. The summed E-state index contributed by atoms with van der Waals surface area (Å²) in [5, 5.41) is 4.49. The van der Waals surface area contributed by atoms with E-state index >= 15 is 0 Å². The van der Waals surface area contributed by atoms with E-state index in [1.165, 1.54) is 6.07 Å². The average molecular weight is 1580 g/mol. The molecule has 0 atom stereocenters. The summed E-state index contributed by atoms with van der Waals surface area (Å²) in [6.45, 7) is 12.0. The fourth-order valence-electron chi connectivity index (χ4n) is 17.2. The number of rotatable bonds is 8. The first-order chi connectivity index (χ1) is 55.0. The summed E-state index contributed by atoms with van der Waals surface area (Å²) in [5.41, 5.74) is 7.81. The Balaban J connectivity index is 0.000000106. The van der Waals surface area contributed by atoms with Gasteiger partial charge < -0.3 is 67.7 Å². The van der Waals surface area contributed by atoms with Gasteiger partial charge in [-0.1, -0.05) is 95.6 Å². The predicted molar refractivity (Wildman–Crippen MR) is 416 cm³/mol. The number of benzene rings is 7. The monoisotopic (exact) mass is 1580 g/mol. The first-order valence-corrected chi connectivity index (χ1v) is 39.5. The van der Waals surface area contributed by atoms with Crippen LogP contribution in [0.25, 0.3) is 55.4 Å². The molecule has 0 unspecified atom stereocenters. The second kappa shape index (κ2) is 28.1. The third kappa shape index (κ3) is 12.9. The summed E-state index contributed by atoms with van der Waals surface area (Å²) >= 11 is 5.93. The molecule has 0 aliphatic carbocycles. The summed E-state index contributed by atoms with van der Waals surface area (Å²) < 4.78 is 95.9. The highest BCUT2D eigenvalue weighted by atomic mass is 35.5. The summed E-state index contributed by atoms with van der Waals surface area (Å²) in [6, 6.07) is 49.2. The van der Waals surface area contributed by atoms with E-state index in [1.807, 2.05) is 141 Å². The number of sulfone groups is 1. The van der Waals surface area contributed by atoms with Crippen molar-refractivity contribution in [2.24, 2.45) is 0 Å². The quantitative estimate of drug-likeness (QED) is 0.0624. The molecule has 4 N–H and O–H groups in total. The van der Waals surface area contributed by atoms with Gasteiger partial charge >= 0.3 is 29.4 Å². The number of alkyl halides is 3. The van der Waals surface area contributed by atoms with E-state index in [4.69, 9.17) is 49.8 Å². The molecule has 8 aliphatic heterocycles. The molecule has 26 nitrogen and oxygen atoms in total. The van der Waals surface area contributed by atoms with Crippen LogP contribution in [0.1, 0.15) is 133 Å². The maximum atomic E-state index is 12.8. The SMILES string of the molecule is CCOc1ccc2nc(N3CCC4(CC3)OC(=O)c3ccccc34)[nH]c2c1.Cc1noc(C)c1-c1ccc2nc(N3CCC4(CC3)OC(=O)c3ccccc34)[nH]c2c1.O=C1OC2(CCN(c3nc4ccc(S(=O)(=O)C(F)(F)F)cc4[nH]3)CC2)c2ccccc21.O=C1OC2(CCN(c3nc4nc(Cl)ccc4[nH]3)CC2)c2ccccc21. The maximum absolute atomic E-state index is 12.8. The van der Waals surface area contributed by atoms with E-state index in [2.05, 4.69) is 66.9 Å². The lowest BCUT2D eigenvalue weighted by Crippen LogP contribution is -2.43. The number of hydrogen-bond donors (Lipinski definition) is 4. The van der Waals surface area contributed by atoms with Gasteiger partial charge in [0, 0.05) is 138 Å². The maximum Gasteiger partial charge on any atom is 0.501 e. The molecule has 6 aromatic heterocycles. The molecule has 31 heteroatoms. The third-order valence-electron chi connectivity index (χ3n) is 23.1. The molecule has 21 rings (SSSR count). The molecule has 4 saturated heterocycles. The van der Waals surface area contributed by atoms with Gasteiger partial charge in [0.25, 0.3) is 9.84 Å². The van der Waals surface area contributed by atoms with Gasteiger partial charge in [-0.3, -0.25) is 0 Å². The summed E-state index contributed by atoms with van der Waals surface area (Å²) in [4.78, 5) is 92.3. The largest absolute Gasteiger partial charge is 0.501 e. The number of pyridine rings is 1. The lowest BCUT2D eigenvalue weighted by atomic mass is 9.84. The van der Waals surface area contributed by atoms with Crippen LogP contribution >= 0.6 is 11.6 Å². The van der Waals surface area contributed by atoms with Crippen molar-refractivity contribution in [1.82, 2.24) is 50.0 Å². The Kier molecular flexibility index (Phi) is 18.0. The second-order valence-corrected chi connectivity index (χ2v) is 31.9. The average Bonchev–Trinajstić information content (AvgIpc) is 1.60. The van der Waals surface area contributed by atoms with Gasteiger partial charge in [0.15, 0.2) is 5.65 Å². The lowest BCUT2D eigenvalue weighted by Gasteiger charge is -2.38. The van der Waals surface area contributed by atoms with Crippen molar-refractivity contribution in [2.75, 3.05) is 78.6 Å². The van der Waals surface area contributed by atoms with Crippen LogP contribution in [0.4, 0.5) is 37.0 Å². The molecule has 0 radical (unpaired) electrons. The minimum atomic E-state index is -5.44. The molecule has 8 aliphatic rings. The Labute approximate surface area is 654 Å². The van der Waals surface area contributed by atoms with E-state index in [-0.39, 0.29) is 29.4 Å². The minimum absolute atomic E-state index is 0.193. The standard InChI is InChI=1S/C24H22N4O3.C21H21N3O3.C20H16F3N3O4S.C18H15ClN4O2/c1-14-21(15(2)31-27-14)16-7-8-19-20(13-16)26-23(25-19)28-11-9-24(10-12-28)18-6-4-3-5-17(18)22(29)30-24;1-2-26-14-7-8-17-18(13-14)23-20(22-17)24-11-9-21(10-12-24)16-6-4-3-5-15(16)19(25)27-21;21-20(22,23)31(28,29)12-5-6-15-16(11-12)25-18(24-15)26-9-7-19(8-10-26)14-4-2-1-3-13(14)17(27)30-19;19-14-6-5-13-15(21-14)22-17(20-13)23-9-7-18(8-10-23)12-4-2-1-3-11(12)16(24)25-18/h3-8,13H,9-12H2,1-2H3,(H,25,26);3-8,13H,2,9-12H2,1H3,(H,22,23);1-6,11H,7-10H2,(H,24,25);1-6H,7-10H2,(H,20,21,22). The van der Waals surface area contributed by atoms with Crippen molar-refractivity contribution < 1.29 is 69.0 Å². The van der Waals surface area contributed by atoms with Crippen LogP contribution in [0.2, 0.25) is 5.15 Å². The number of anilines is 4. The number of H-pyrrole nitrogens is 4. The number of imidazole rings is 4. The van der Waals surface area contributed by atoms with E-state index in [1.54, 1.807) is 18.2 Å². The molecule has 7 aromatic carbocycles. The molecule has 13 aromatic rings. The molecule has 4 spiro atoms. The topological polar surface area (TPSA) is 315 Å². The summed E-state index contributed by atoms with van der Waals surface area (Å²) in [7, 11) is -5.44. The molecule has 0 bridgehead atoms. The number of halogens is 4. The van der Waals surface area contributed by atoms with E-state index < -0.39 is 42.6 Å². The molecule has 14 heterocycles. The number of aromatic amines is 4. The van der Waals surface area contributed by atoms with Gasteiger partial charge in [-0.25, -0.2) is 47.5 Å². The number of nitrogens with zero attached hydrogens (tertiary/aromatic N) is 10. The Morgan fingerprint density at radius 2 is 0.825 bits per heavy atom. The fraction of sp³-hybridized carbons (Fsp3) is 0.301. The molecular formula is C83H74ClF3N14O12S. The zero-order valence-electron chi connectivity index (χ0n) is 61.9. The number of nitrogens with one attached hydrogen (secondary N) is 4. The van der Waals surface area contributed by atoms with Crippen LogP contribution in [0, 0.1) is 13.8 Å². The fourth-order valence-corrected chi connectivity index (χ4v) is 18.1. The van der Waals surface area contributed by atoms with Gasteiger partial charge in [0.1, 0.15) is 39.1 Å². The molecule has 0 saturated carbocycles. The van der Waals surface area contributed by atoms with Crippen LogP contribution in [-0.2, 0) is 51.2 Å².